The highest BCUT2D eigenvalue weighted by molar-refractivity contribution is 7.80. The first kappa shape index (κ1) is 24.2. The van der Waals surface area contributed by atoms with Gasteiger partial charge in [-0.15, -0.1) is 10.2 Å². The van der Waals surface area contributed by atoms with Crippen molar-refractivity contribution in [1.82, 2.24) is 4.57 Å². The van der Waals surface area contributed by atoms with Crippen molar-refractivity contribution in [1.29, 1.82) is 0 Å². The first-order valence-corrected chi connectivity index (χ1v) is 12.7. The van der Waals surface area contributed by atoms with E-state index in [1.807, 2.05) is 60.0 Å². The van der Waals surface area contributed by atoms with Gasteiger partial charge in [-0.3, -0.25) is 4.57 Å². The van der Waals surface area contributed by atoms with E-state index >= 15 is 0 Å². The SMILES string of the molecule is Cc1c(Cl)cccc1NC(=S)N=Nc1c(O)n(C[NH+]2CCN(c3ccccc3)CC2)c2ccccc12. The van der Waals surface area contributed by atoms with Gasteiger partial charge in [0.2, 0.25) is 11.0 Å². The molecule has 0 atom stereocenters. The van der Waals surface area contributed by atoms with Crippen LogP contribution in [0.2, 0.25) is 5.02 Å². The van der Waals surface area contributed by atoms with Crippen LogP contribution < -0.4 is 15.1 Å². The number of benzene rings is 3. The van der Waals surface area contributed by atoms with Crippen LogP contribution in [0.15, 0.2) is 83.0 Å². The summed E-state index contributed by atoms with van der Waals surface area (Å²) in [6, 6.07) is 23.9. The summed E-state index contributed by atoms with van der Waals surface area (Å²) in [5.74, 6) is 0.0969. The Labute approximate surface area is 220 Å². The molecule has 3 N–H and O–H groups in total. The predicted octanol–water partition coefficient (Wildman–Crippen LogP) is 5.15. The minimum atomic E-state index is 0.0969. The Morgan fingerprint density at radius 2 is 1.75 bits per heavy atom. The number of anilines is 2. The molecule has 1 aliphatic rings. The number of aromatic nitrogens is 1. The molecule has 36 heavy (non-hydrogen) atoms. The maximum Gasteiger partial charge on any atom is 0.225 e. The van der Waals surface area contributed by atoms with Crippen molar-refractivity contribution in [2.24, 2.45) is 10.2 Å². The highest BCUT2D eigenvalue weighted by atomic mass is 35.5. The van der Waals surface area contributed by atoms with Crippen molar-refractivity contribution in [3.63, 3.8) is 0 Å². The van der Waals surface area contributed by atoms with Gasteiger partial charge in [0, 0.05) is 21.8 Å². The lowest BCUT2D eigenvalue weighted by Gasteiger charge is -2.33. The van der Waals surface area contributed by atoms with Crippen LogP contribution >= 0.6 is 23.8 Å². The fraction of sp³-hybridized carbons (Fsp3) is 0.222. The van der Waals surface area contributed by atoms with E-state index in [1.54, 1.807) is 0 Å². The molecular formula is C27H28ClN6OS+. The summed E-state index contributed by atoms with van der Waals surface area (Å²) in [6.45, 7) is 6.44. The molecule has 1 aromatic heterocycles. The van der Waals surface area contributed by atoms with Gasteiger partial charge in [0.25, 0.3) is 0 Å². The Morgan fingerprint density at radius 1 is 1.03 bits per heavy atom. The average molecular weight is 520 g/mol. The molecule has 1 aliphatic heterocycles. The number of rotatable bonds is 5. The number of hydrogen-bond acceptors (Lipinski definition) is 4. The van der Waals surface area contributed by atoms with Gasteiger partial charge in [-0.1, -0.05) is 54.1 Å². The van der Waals surface area contributed by atoms with Crippen LogP contribution in [-0.2, 0) is 6.67 Å². The molecule has 0 spiro atoms. The number of nitrogens with one attached hydrogen (secondary N) is 2. The summed E-state index contributed by atoms with van der Waals surface area (Å²) in [5.41, 5.74) is 4.25. The van der Waals surface area contributed by atoms with Crippen molar-refractivity contribution >= 4 is 56.9 Å². The first-order chi connectivity index (χ1) is 17.5. The number of azo groups is 1. The molecule has 0 aliphatic carbocycles. The molecule has 2 heterocycles. The van der Waals surface area contributed by atoms with E-state index in [1.165, 1.54) is 10.6 Å². The molecule has 3 aromatic carbocycles. The van der Waals surface area contributed by atoms with Crippen molar-refractivity contribution in [2.75, 3.05) is 36.4 Å². The molecule has 0 amide bonds. The summed E-state index contributed by atoms with van der Waals surface area (Å²) in [6.07, 6.45) is 0. The van der Waals surface area contributed by atoms with E-state index in [0.717, 1.165) is 48.3 Å². The number of hydrogen-bond donors (Lipinski definition) is 3. The lowest BCUT2D eigenvalue weighted by atomic mass is 10.2. The quantitative estimate of drug-likeness (QED) is 0.252. The normalized spacial score (nSPS) is 14.6. The van der Waals surface area contributed by atoms with Crippen LogP contribution in [0.5, 0.6) is 5.88 Å². The molecule has 184 valence electrons. The van der Waals surface area contributed by atoms with Crippen LogP contribution in [0.4, 0.5) is 17.1 Å². The second kappa shape index (κ2) is 10.7. The van der Waals surface area contributed by atoms with Gasteiger partial charge in [0.05, 0.1) is 31.7 Å². The number of para-hydroxylation sites is 2. The van der Waals surface area contributed by atoms with E-state index in [4.69, 9.17) is 23.8 Å². The van der Waals surface area contributed by atoms with E-state index in [-0.39, 0.29) is 11.0 Å². The summed E-state index contributed by atoms with van der Waals surface area (Å²) < 4.78 is 1.93. The third-order valence-electron chi connectivity index (χ3n) is 6.64. The molecule has 9 heteroatoms. The van der Waals surface area contributed by atoms with Crippen molar-refractivity contribution in [3.8, 4) is 5.88 Å². The zero-order valence-electron chi connectivity index (χ0n) is 20.0. The molecule has 5 rings (SSSR count). The second-order valence-corrected chi connectivity index (χ2v) is 9.68. The van der Waals surface area contributed by atoms with E-state index in [2.05, 4.69) is 44.7 Å². The molecule has 0 radical (unpaired) electrons. The second-order valence-electron chi connectivity index (χ2n) is 8.89. The van der Waals surface area contributed by atoms with Gasteiger partial charge >= 0.3 is 0 Å². The number of fused-ring (bicyclic) bond motifs is 1. The van der Waals surface area contributed by atoms with Crippen molar-refractivity contribution in [2.45, 2.75) is 13.6 Å². The number of halogens is 1. The molecule has 1 saturated heterocycles. The zero-order valence-corrected chi connectivity index (χ0v) is 21.6. The number of nitrogens with zero attached hydrogens (tertiary/aromatic N) is 4. The maximum atomic E-state index is 11.2. The van der Waals surface area contributed by atoms with Gasteiger partial charge in [0.15, 0.2) is 12.4 Å². The Hall–Kier alpha value is -3.46. The van der Waals surface area contributed by atoms with E-state index < -0.39 is 0 Å². The van der Waals surface area contributed by atoms with E-state index in [9.17, 15) is 5.11 Å². The van der Waals surface area contributed by atoms with Gasteiger partial charge < -0.3 is 20.2 Å². The lowest BCUT2D eigenvalue weighted by Crippen LogP contribution is -3.14. The number of aromatic hydroxyl groups is 1. The molecule has 4 aromatic rings. The fourth-order valence-corrected chi connectivity index (χ4v) is 4.94. The summed E-state index contributed by atoms with van der Waals surface area (Å²) in [5, 5.41) is 24.4. The Bertz CT molecular complexity index is 1410. The fourth-order valence-electron chi connectivity index (χ4n) is 4.61. The molecule has 1 fully saturated rings. The smallest absolute Gasteiger partial charge is 0.225 e. The molecule has 0 bridgehead atoms. The number of thiocarbonyl (C=S) groups is 1. The lowest BCUT2D eigenvalue weighted by molar-refractivity contribution is -0.923. The third-order valence-corrected chi connectivity index (χ3v) is 7.23. The summed E-state index contributed by atoms with van der Waals surface area (Å²) >= 11 is 11.6. The largest absolute Gasteiger partial charge is 0.493 e. The van der Waals surface area contributed by atoms with Gasteiger partial charge in [-0.05, 0) is 55.0 Å². The van der Waals surface area contributed by atoms with Crippen LogP contribution in [0.3, 0.4) is 0 Å². The molecular weight excluding hydrogens is 492 g/mol. The Morgan fingerprint density at radius 3 is 2.53 bits per heavy atom. The molecule has 0 saturated carbocycles. The van der Waals surface area contributed by atoms with Crippen molar-refractivity contribution < 1.29 is 10.0 Å². The molecule has 0 unspecified atom stereocenters. The Balaban J connectivity index is 1.32. The summed E-state index contributed by atoms with van der Waals surface area (Å²) in [7, 11) is 0. The van der Waals surface area contributed by atoms with Crippen LogP contribution in [0, 0.1) is 6.92 Å². The van der Waals surface area contributed by atoms with Crippen LogP contribution in [-0.4, -0.2) is 41.0 Å². The standard InChI is InChI=1S/C27H27ClN6OS/c1-19-22(28)11-7-12-23(19)29-27(36)31-30-25-21-10-5-6-13-24(21)34(26(25)35)18-32-14-16-33(17-15-32)20-8-3-2-4-9-20/h2-13,35H,14-18H2,1H3,(H,29,36)/p+1. The zero-order chi connectivity index (χ0) is 25.1. The number of quaternary nitrogens is 1. The van der Waals surface area contributed by atoms with Gasteiger partial charge in [-0.25, -0.2) is 0 Å². The highest BCUT2D eigenvalue weighted by Crippen LogP contribution is 2.38. The third kappa shape index (κ3) is 5.06. The van der Waals surface area contributed by atoms with Crippen LogP contribution in [0.1, 0.15) is 5.56 Å². The minimum absolute atomic E-state index is 0.0969. The maximum absolute atomic E-state index is 11.2. The number of piperazine rings is 1. The highest BCUT2D eigenvalue weighted by Gasteiger charge is 2.24. The first-order valence-electron chi connectivity index (χ1n) is 11.9. The van der Waals surface area contributed by atoms with Crippen LogP contribution in [0.25, 0.3) is 10.9 Å². The van der Waals surface area contributed by atoms with Gasteiger partial charge in [0.1, 0.15) is 0 Å². The average Bonchev–Trinajstić information content (AvgIpc) is 3.17. The van der Waals surface area contributed by atoms with Crippen molar-refractivity contribution in [3.05, 3.63) is 83.4 Å². The van der Waals surface area contributed by atoms with Gasteiger partial charge in [-0.2, -0.15) is 0 Å². The monoisotopic (exact) mass is 519 g/mol. The Kier molecular flexibility index (Phi) is 7.18. The van der Waals surface area contributed by atoms with E-state index in [0.29, 0.717) is 17.4 Å². The minimum Gasteiger partial charge on any atom is -0.493 e. The predicted molar refractivity (Wildman–Crippen MR) is 150 cm³/mol. The molecule has 7 nitrogen and oxygen atoms in total. The summed E-state index contributed by atoms with van der Waals surface area (Å²) in [4.78, 5) is 3.81. The topological polar surface area (TPSA) is 69.6 Å².